The van der Waals surface area contributed by atoms with Gasteiger partial charge in [0.2, 0.25) is 15.9 Å². The van der Waals surface area contributed by atoms with E-state index >= 15 is 0 Å². The molecule has 0 atom stereocenters. The van der Waals surface area contributed by atoms with Crippen LogP contribution in [-0.4, -0.2) is 39.4 Å². The molecule has 0 bridgehead atoms. The molecule has 2 aromatic carbocycles. The average Bonchev–Trinajstić information content (AvgIpc) is 3.31. The lowest BCUT2D eigenvalue weighted by atomic mass is 10.2. The van der Waals surface area contributed by atoms with Crippen LogP contribution in [0.2, 0.25) is 0 Å². The Kier molecular flexibility index (Phi) is 7.32. The molecule has 3 rings (SSSR count). The van der Waals surface area contributed by atoms with E-state index < -0.39 is 15.9 Å². The van der Waals surface area contributed by atoms with Crippen LogP contribution in [0.15, 0.2) is 76.2 Å². The molecule has 9 heteroatoms. The topological polar surface area (TPSA) is 98.1 Å². The fourth-order valence-corrected chi connectivity index (χ4v) is 4.35. The van der Waals surface area contributed by atoms with Crippen LogP contribution in [0.5, 0.6) is 11.5 Å². The number of methoxy groups -OCH3 is 2. The van der Waals surface area contributed by atoms with E-state index in [1.807, 2.05) is 18.2 Å². The van der Waals surface area contributed by atoms with Crippen molar-refractivity contribution in [2.75, 3.05) is 20.8 Å². The normalized spacial score (nSPS) is 11.3. The van der Waals surface area contributed by atoms with Crippen molar-refractivity contribution in [3.05, 3.63) is 78.3 Å². The molecule has 0 aliphatic heterocycles. The zero-order chi connectivity index (χ0) is 22.3. The number of nitrogens with one attached hydrogen (secondary N) is 1. The van der Waals surface area contributed by atoms with E-state index in [-0.39, 0.29) is 30.3 Å². The molecular weight excluding hydrogens is 420 g/mol. The standard InChI is InChI=1S/C22H24N2O6S/c1-28-20-11-10-19(13-21(20)29-2)31(26,27)24(15-17-7-4-3-5-8-17)16-22(25)23-14-18-9-6-12-30-18/h3-13H,14-16H2,1-2H3,(H,23,25). The number of rotatable bonds is 10. The number of furan rings is 1. The quantitative estimate of drug-likeness (QED) is 0.516. The van der Waals surface area contributed by atoms with Crippen LogP contribution in [0.3, 0.4) is 0 Å². The molecule has 1 amide bonds. The summed E-state index contributed by atoms with van der Waals surface area (Å²) in [4.78, 5) is 12.5. The van der Waals surface area contributed by atoms with Gasteiger partial charge in [-0.3, -0.25) is 4.79 Å². The first-order valence-corrected chi connectivity index (χ1v) is 10.9. The van der Waals surface area contributed by atoms with Gasteiger partial charge in [-0.1, -0.05) is 30.3 Å². The fourth-order valence-electron chi connectivity index (χ4n) is 2.95. The molecule has 0 fully saturated rings. The SMILES string of the molecule is COc1ccc(S(=O)(=O)N(CC(=O)NCc2ccco2)Cc2ccccc2)cc1OC. The Balaban J connectivity index is 1.86. The summed E-state index contributed by atoms with van der Waals surface area (Å²) in [5.41, 5.74) is 0.755. The van der Waals surface area contributed by atoms with Crippen LogP contribution in [0, 0.1) is 0 Å². The molecule has 0 spiro atoms. The minimum atomic E-state index is -4.01. The number of carbonyl (C=O) groups excluding carboxylic acids is 1. The lowest BCUT2D eigenvalue weighted by Gasteiger charge is -2.22. The zero-order valence-corrected chi connectivity index (χ0v) is 18.1. The first kappa shape index (κ1) is 22.4. The first-order chi connectivity index (χ1) is 14.9. The third kappa shape index (κ3) is 5.65. The van der Waals surface area contributed by atoms with Crippen LogP contribution < -0.4 is 14.8 Å². The first-order valence-electron chi connectivity index (χ1n) is 9.49. The van der Waals surface area contributed by atoms with Crippen LogP contribution in [-0.2, 0) is 27.9 Å². The highest BCUT2D eigenvalue weighted by Crippen LogP contribution is 2.31. The van der Waals surface area contributed by atoms with Gasteiger partial charge >= 0.3 is 0 Å². The van der Waals surface area contributed by atoms with Gasteiger partial charge in [0.25, 0.3) is 0 Å². The minimum absolute atomic E-state index is 0.0000781. The van der Waals surface area contributed by atoms with Gasteiger partial charge in [0.15, 0.2) is 11.5 Å². The monoisotopic (exact) mass is 444 g/mol. The molecule has 1 N–H and O–H groups in total. The number of benzene rings is 2. The van der Waals surface area contributed by atoms with Crippen molar-refractivity contribution in [2.45, 2.75) is 18.0 Å². The molecule has 8 nitrogen and oxygen atoms in total. The maximum absolute atomic E-state index is 13.4. The van der Waals surface area contributed by atoms with E-state index in [1.54, 1.807) is 24.3 Å². The number of amides is 1. The van der Waals surface area contributed by atoms with E-state index in [0.717, 1.165) is 9.87 Å². The highest BCUT2D eigenvalue weighted by Gasteiger charge is 2.28. The van der Waals surface area contributed by atoms with Crippen molar-refractivity contribution in [1.29, 1.82) is 0 Å². The second kappa shape index (κ2) is 10.1. The molecular formula is C22H24N2O6S. The van der Waals surface area contributed by atoms with Crippen molar-refractivity contribution in [3.8, 4) is 11.5 Å². The number of hydrogen-bond acceptors (Lipinski definition) is 6. The number of sulfonamides is 1. The number of ether oxygens (including phenoxy) is 2. The van der Waals surface area contributed by atoms with E-state index in [4.69, 9.17) is 13.9 Å². The lowest BCUT2D eigenvalue weighted by Crippen LogP contribution is -2.40. The summed E-state index contributed by atoms with van der Waals surface area (Å²) >= 11 is 0. The Labute approximate surface area is 181 Å². The van der Waals surface area contributed by atoms with Crippen LogP contribution in [0.1, 0.15) is 11.3 Å². The maximum Gasteiger partial charge on any atom is 0.243 e. The van der Waals surface area contributed by atoms with Crippen LogP contribution >= 0.6 is 0 Å². The van der Waals surface area contributed by atoms with Gasteiger partial charge in [-0.2, -0.15) is 4.31 Å². The van der Waals surface area contributed by atoms with Crippen molar-refractivity contribution in [3.63, 3.8) is 0 Å². The van der Waals surface area contributed by atoms with Gasteiger partial charge in [-0.15, -0.1) is 0 Å². The number of carbonyl (C=O) groups is 1. The predicted octanol–water partition coefficient (Wildman–Crippen LogP) is 2.80. The van der Waals surface area contributed by atoms with Crippen LogP contribution in [0.25, 0.3) is 0 Å². The second-order valence-electron chi connectivity index (χ2n) is 6.63. The summed E-state index contributed by atoms with van der Waals surface area (Å²) in [6.07, 6.45) is 1.50. The Morgan fingerprint density at radius 2 is 1.74 bits per heavy atom. The van der Waals surface area contributed by atoms with E-state index in [0.29, 0.717) is 11.5 Å². The van der Waals surface area contributed by atoms with Crippen molar-refractivity contribution in [2.24, 2.45) is 0 Å². The Bertz CT molecular complexity index is 1100. The summed E-state index contributed by atoms with van der Waals surface area (Å²) in [5, 5.41) is 2.68. The molecule has 0 saturated carbocycles. The highest BCUT2D eigenvalue weighted by atomic mass is 32.2. The average molecular weight is 445 g/mol. The second-order valence-corrected chi connectivity index (χ2v) is 8.57. The molecule has 31 heavy (non-hydrogen) atoms. The Hall–Kier alpha value is -3.30. The largest absolute Gasteiger partial charge is 0.493 e. The smallest absolute Gasteiger partial charge is 0.243 e. The van der Waals surface area contributed by atoms with Gasteiger partial charge in [0, 0.05) is 12.6 Å². The highest BCUT2D eigenvalue weighted by molar-refractivity contribution is 7.89. The van der Waals surface area contributed by atoms with E-state index in [1.165, 1.54) is 38.7 Å². The Morgan fingerprint density at radius 1 is 1.00 bits per heavy atom. The molecule has 0 unspecified atom stereocenters. The molecule has 1 aromatic heterocycles. The molecule has 3 aromatic rings. The van der Waals surface area contributed by atoms with Crippen molar-refractivity contribution < 1.29 is 27.1 Å². The third-order valence-corrected chi connectivity index (χ3v) is 6.34. The molecule has 0 radical (unpaired) electrons. The maximum atomic E-state index is 13.4. The number of nitrogens with zero attached hydrogens (tertiary/aromatic N) is 1. The van der Waals surface area contributed by atoms with Crippen molar-refractivity contribution in [1.82, 2.24) is 9.62 Å². The van der Waals surface area contributed by atoms with Gasteiger partial charge in [-0.05, 0) is 29.8 Å². The summed E-state index contributed by atoms with van der Waals surface area (Å²) in [7, 11) is -1.11. The lowest BCUT2D eigenvalue weighted by molar-refractivity contribution is -0.121. The van der Waals surface area contributed by atoms with Crippen LogP contribution in [0.4, 0.5) is 0 Å². The third-order valence-electron chi connectivity index (χ3n) is 4.55. The number of hydrogen-bond donors (Lipinski definition) is 1. The summed E-state index contributed by atoms with van der Waals surface area (Å²) in [6, 6.07) is 16.8. The molecule has 164 valence electrons. The molecule has 0 aliphatic rings. The molecule has 1 heterocycles. The molecule has 0 saturated heterocycles. The fraction of sp³-hybridized carbons (Fsp3) is 0.227. The predicted molar refractivity (Wildman–Crippen MR) is 114 cm³/mol. The minimum Gasteiger partial charge on any atom is -0.493 e. The van der Waals surface area contributed by atoms with Gasteiger partial charge in [0.1, 0.15) is 5.76 Å². The zero-order valence-electron chi connectivity index (χ0n) is 17.3. The van der Waals surface area contributed by atoms with E-state index in [2.05, 4.69) is 5.32 Å². The summed E-state index contributed by atoms with van der Waals surface area (Å²) < 4.78 is 43.5. The summed E-state index contributed by atoms with van der Waals surface area (Å²) in [5.74, 6) is 0.819. The van der Waals surface area contributed by atoms with Gasteiger partial charge in [-0.25, -0.2) is 8.42 Å². The molecule has 0 aliphatic carbocycles. The summed E-state index contributed by atoms with van der Waals surface area (Å²) in [6.45, 7) is -0.153. The van der Waals surface area contributed by atoms with Gasteiger partial charge in [0.05, 0.1) is 38.5 Å². The Morgan fingerprint density at radius 3 is 2.39 bits per heavy atom. The van der Waals surface area contributed by atoms with E-state index in [9.17, 15) is 13.2 Å². The van der Waals surface area contributed by atoms with Gasteiger partial charge < -0.3 is 19.2 Å². The van der Waals surface area contributed by atoms with Crippen molar-refractivity contribution >= 4 is 15.9 Å².